The third kappa shape index (κ3) is 8.29. The number of H-pyrrole nitrogens is 1. The van der Waals surface area contributed by atoms with Crippen molar-refractivity contribution in [2.24, 2.45) is 5.92 Å². The van der Waals surface area contributed by atoms with E-state index in [9.17, 15) is 18.3 Å². The van der Waals surface area contributed by atoms with Gasteiger partial charge < -0.3 is 39.8 Å². The number of nitrogens with zero attached hydrogens (tertiary/aromatic N) is 2. The van der Waals surface area contributed by atoms with Gasteiger partial charge in [0.2, 0.25) is 10.0 Å². The molecule has 5 N–H and O–H groups in total. The van der Waals surface area contributed by atoms with E-state index >= 15 is 0 Å². The highest BCUT2D eigenvalue weighted by Gasteiger charge is 2.64. The fraction of sp³-hybridized carbons (Fsp3) is 0.383. The van der Waals surface area contributed by atoms with E-state index in [-0.39, 0.29) is 22.8 Å². The smallest absolute Gasteiger partial charge is 0.337 e. The molecule has 2 aliphatic carbocycles. The van der Waals surface area contributed by atoms with Crippen molar-refractivity contribution in [1.29, 1.82) is 0 Å². The second kappa shape index (κ2) is 17.4. The van der Waals surface area contributed by atoms with Crippen LogP contribution in [0.2, 0.25) is 0 Å². The molecule has 1 spiro atoms. The summed E-state index contributed by atoms with van der Waals surface area (Å²) in [4.78, 5) is 19.0. The molecule has 2 bridgehead atoms. The number of piperidine rings is 1. The summed E-state index contributed by atoms with van der Waals surface area (Å²) < 4.78 is 37.4. The number of carboxylic acids is 1. The molecule has 4 aliphatic rings. The molecule has 60 heavy (non-hydrogen) atoms. The fourth-order valence-electron chi connectivity index (χ4n) is 9.36. The molecule has 0 unspecified atom stereocenters. The van der Waals surface area contributed by atoms with Gasteiger partial charge in [0.25, 0.3) is 0 Å². The number of carbonyl (C=O) groups is 1. The lowest BCUT2D eigenvalue weighted by atomic mass is 9.53. The van der Waals surface area contributed by atoms with Gasteiger partial charge in [0.1, 0.15) is 12.2 Å². The van der Waals surface area contributed by atoms with Crippen LogP contribution in [0.4, 0.5) is 11.4 Å². The van der Waals surface area contributed by atoms with Gasteiger partial charge in [-0.3, -0.25) is 0 Å². The Hall–Kier alpha value is -5.18. The number of fused-ring (bicyclic) bond motifs is 1. The van der Waals surface area contributed by atoms with Crippen molar-refractivity contribution in [2.45, 2.75) is 62.5 Å². The molecular weight excluding hydrogens is 779 g/mol. The van der Waals surface area contributed by atoms with Gasteiger partial charge in [0.15, 0.2) is 11.5 Å². The number of aromatic nitrogens is 1. The number of methoxy groups -OCH3 is 1. The van der Waals surface area contributed by atoms with Crippen LogP contribution in [0.1, 0.15) is 50.2 Å². The quantitative estimate of drug-likeness (QED) is 0.0977. The number of aliphatic hydroxyl groups excluding tert-OH is 1. The maximum atomic E-state index is 11.6. The Balaban J connectivity index is 0.000000137. The molecule has 12 nitrogen and oxygen atoms in total. The molecule has 13 heteroatoms. The third-order valence-corrected chi connectivity index (χ3v) is 14.0. The van der Waals surface area contributed by atoms with Crippen molar-refractivity contribution >= 4 is 38.3 Å². The van der Waals surface area contributed by atoms with E-state index < -0.39 is 22.1 Å². The van der Waals surface area contributed by atoms with E-state index in [1.807, 2.05) is 88.7 Å². The topological polar surface area (TPSA) is 156 Å². The first-order chi connectivity index (χ1) is 28.7. The summed E-state index contributed by atoms with van der Waals surface area (Å²) in [7, 11) is 6.20. The first kappa shape index (κ1) is 42.9. The lowest BCUT2D eigenvalue weighted by Gasteiger charge is -2.56. The highest BCUT2D eigenvalue weighted by atomic mass is 32.2. The Morgan fingerprint density at radius 3 is 2.55 bits per heavy atom. The third-order valence-electron chi connectivity index (χ3n) is 12.7. The molecule has 1 saturated heterocycles. The normalized spacial score (nSPS) is 22.2. The number of sulfonamides is 1. The summed E-state index contributed by atoms with van der Waals surface area (Å²) in [6.45, 7) is 6.06. The predicted octanol–water partition coefficient (Wildman–Crippen LogP) is 6.57. The van der Waals surface area contributed by atoms with Crippen LogP contribution < -0.4 is 19.5 Å². The summed E-state index contributed by atoms with van der Waals surface area (Å²) in [5.41, 5.74) is 9.79. The van der Waals surface area contributed by atoms with E-state index in [1.165, 1.54) is 29.3 Å². The van der Waals surface area contributed by atoms with E-state index in [0.717, 1.165) is 71.6 Å². The molecule has 1 aromatic heterocycles. The number of benzene rings is 4. The molecule has 0 amide bonds. The summed E-state index contributed by atoms with van der Waals surface area (Å²) >= 11 is 0. The number of aromatic amines is 1. The zero-order valence-electron chi connectivity index (χ0n) is 35.5. The van der Waals surface area contributed by atoms with Gasteiger partial charge in [-0.05, 0) is 132 Å². The number of ether oxygens (including phenoxy) is 2. The van der Waals surface area contributed by atoms with E-state index in [1.54, 1.807) is 25.3 Å². The van der Waals surface area contributed by atoms with Crippen LogP contribution in [-0.2, 0) is 34.0 Å². The van der Waals surface area contributed by atoms with Crippen molar-refractivity contribution in [1.82, 2.24) is 19.5 Å². The fourth-order valence-corrected chi connectivity index (χ4v) is 10.1. The summed E-state index contributed by atoms with van der Waals surface area (Å²) in [5.74, 6) is 1.17. The van der Waals surface area contributed by atoms with Crippen LogP contribution in [0.15, 0.2) is 91.1 Å². The van der Waals surface area contributed by atoms with Gasteiger partial charge in [-0.15, -0.1) is 0 Å². The van der Waals surface area contributed by atoms with Crippen LogP contribution in [0, 0.1) is 19.8 Å². The largest absolute Gasteiger partial charge is 0.493 e. The molecule has 5 aromatic rings. The van der Waals surface area contributed by atoms with Crippen LogP contribution in [-0.4, -0.2) is 106 Å². The minimum atomic E-state index is -3.23. The van der Waals surface area contributed by atoms with Crippen molar-refractivity contribution in [3.8, 4) is 11.5 Å². The number of aliphatic hydroxyl groups is 1. The maximum absolute atomic E-state index is 11.6. The number of para-hydroxylation sites is 1. The first-order valence-electron chi connectivity index (χ1n) is 20.4. The second-order valence-electron chi connectivity index (χ2n) is 16.5. The van der Waals surface area contributed by atoms with Crippen LogP contribution in [0.3, 0.4) is 0 Å². The van der Waals surface area contributed by atoms with E-state index in [2.05, 4.69) is 44.0 Å². The van der Waals surface area contributed by atoms with Gasteiger partial charge in [-0.25, -0.2) is 17.9 Å². The molecule has 5 atom stereocenters. The number of rotatable bonds is 10. The highest BCUT2D eigenvalue weighted by molar-refractivity contribution is 7.88. The average molecular weight is 836 g/mol. The van der Waals surface area contributed by atoms with Crippen molar-refractivity contribution in [2.75, 3.05) is 53.7 Å². The Bertz CT molecular complexity index is 2520. The van der Waals surface area contributed by atoms with Crippen LogP contribution in [0.5, 0.6) is 11.5 Å². The van der Waals surface area contributed by atoms with Crippen LogP contribution >= 0.6 is 0 Å². The lowest BCUT2D eigenvalue weighted by Crippen LogP contribution is -2.64. The molecule has 0 radical (unpaired) electrons. The van der Waals surface area contributed by atoms with Gasteiger partial charge in [0.05, 0.1) is 24.1 Å². The zero-order valence-corrected chi connectivity index (χ0v) is 36.3. The summed E-state index contributed by atoms with van der Waals surface area (Å²) in [6.07, 6.45) is 8.48. The average Bonchev–Trinajstić information content (AvgIpc) is 3.80. The van der Waals surface area contributed by atoms with E-state index in [4.69, 9.17) is 14.6 Å². The van der Waals surface area contributed by atoms with Gasteiger partial charge in [0, 0.05) is 52.3 Å². The SMILES string of the molecule is CNS(=O)(=O)Cc1ccc2[nH]cc(CCN(C)C)c2c1.COc1ccc2c3c1O[C@H]1[C@@H](O)C=C[C@H]4[C@@H](C2)N(C)CC[C@@]341.Cc1cccc(Nc2ccccc2C(=O)O)c1C. The monoisotopic (exact) mass is 835 g/mol. The molecule has 9 rings (SSSR count). The minimum Gasteiger partial charge on any atom is -0.493 e. The number of likely N-dealkylation sites (tertiary alicyclic amines) is 1. The minimum absolute atomic E-state index is 0.0116. The number of hydrogen-bond donors (Lipinski definition) is 5. The van der Waals surface area contributed by atoms with Crippen LogP contribution in [0.25, 0.3) is 10.9 Å². The first-order valence-corrected chi connectivity index (χ1v) is 22.1. The number of aromatic carboxylic acids is 1. The van der Waals surface area contributed by atoms with Gasteiger partial charge in [-0.1, -0.05) is 48.6 Å². The number of aryl methyl sites for hydroxylation is 1. The highest BCUT2D eigenvalue weighted by Crippen LogP contribution is 2.62. The zero-order chi connectivity index (χ0) is 42.9. The Morgan fingerprint density at radius 1 is 1.05 bits per heavy atom. The number of anilines is 2. The standard InChI is InChI=1S/C18H21NO3.C15H15NO2.C14H21N3O2S/c1-19-8-7-18-11-4-5-13(20)17(18)22-16-14(21-2)6-3-10(15(16)18)9-12(11)19;1-10-6-5-9-13(11(10)2)16-14-8-4-3-7-12(14)15(17)18;1-15-20(18,19)10-11-4-5-14-13(8-11)12(9-16-14)6-7-17(2)3/h3-6,11-13,17,20H,7-9H2,1-2H3;3-9,16H,1-2H3,(H,17,18);4-5,8-9,15-16H,6-7,10H2,1-3H3/t11-,12+,13-,17-,18-;;/m0../s1. The summed E-state index contributed by atoms with van der Waals surface area (Å²) in [5, 5.41) is 24.0. The molecule has 0 saturated carbocycles. The molecule has 3 heterocycles. The number of hydrogen-bond acceptors (Lipinski definition) is 9. The Kier molecular flexibility index (Phi) is 12.5. The molecule has 2 aliphatic heterocycles. The second-order valence-corrected chi connectivity index (χ2v) is 18.5. The summed E-state index contributed by atoms with van der Waals surface area (Å²) in [6, 6.07) is 23.3. The number of nitrogens with one attached hydrogen (secondary N) is 3. The number of carboxylic acid groups (broad SMARTS) is 1. The molecule has 4 aromatic carbocycles. The van der Waals surface area contributed by atoms with Gasteiger partial charge >= 0.3 is 5.97 Å². The van der Waals surface area contributed by atoms with Crippen molar-refractivity contribution in [3.63, 3.8) is 0 Å². The lowest BCUT2D eigenvalue weighted by molar-refractivity contribution is -0.0453. The predicted molar refractivity (Wildman–Crippen MR) is 237 cm³/mol. The van der Waals surface area contributed by atoms with Crippen molar-refractivity contribution in [3.05, 3.63) is 130 Å². The molecule has 318 valence electrons. The molecular formula is C47H57N5O7S. The van der Waals surface area contributed by atoms with E-state index in [0.29, 0.717) is 17.6 Å². The molecule has 1 fully saturated rings. The Labute approximate surface area is 353 Å². The maximum Gasteiger partial charge on any atom is 0.337 e. The van der Waals surface area contributed by atoms with Gasteiger partial charge in [-0.2, -0.15) is 0 Å². The Morgan fingerprint density at radius 2 is 1.82 bits per heavy atom. The van der Waals surface area contributed by atoms with Crippen molar-refractivity contribution < 1.29 is 32.9 Å². The number of likely N-dealkylation sites (N-methyl/N-ethyl adjacent to an activating group) is 2.